The van der Waals surface area contributed by atoms with Gasteiger partial charge in [-0.3, -0.25) is 9.78 Å². The molecule has 6 saturated carbocycles. The van der Waals surface area contributed by atoms with Gasteiger partial charge < -0.3 is 4.90 Å². The molecule has 3 aromatic rings. The summed E-state index contributed by atoms with van der Waals surface area (Å²) in [6.07, 6.45) is 6.02. The molecule has 1 amide bonds. The highest BCUT2D eigenvalue weighted by atomic mass is 19.4. The van der Waals surface area contributed by atoms with E-state index in [1.807, 2.05) is 36.1 Å². The number of carbonyl (C=O) groups excluding carboxylic acids is 1. The Labute approximate surface area is 236 Å². The minimum atomic E-state index is -4.40. The topological polar surface area (TPSA) is 59.0 Å². The Bertz CT molecular complexity index is 1460. The highest BCUT2D eigenvalue weighted by Gasteiger charge is 2.73. The number of hydrogen-bond acceptors (Lipinski definition) is 4. The lowest BCUT2D eigenvalue weighted by Crippen LogP contribution is -2.71. The fourth-order valence-corrected chi connectivity index (χ4v) is 7.91. The zero-order valence-electron chi connectivity index (χ0n) is 23.0. The smallest absolute Gasteiger partial charge is 0.311 e. The number of amides is 1. The fraction of sp³-hybridized carbons (Fsp3) is 0.500. The number of hydrogen-bond donors (Lipinski definition) is 0. The van der Waals surface area contributed by atoms with Crippen LogP contribution in [0.2, 0.25) is 0 Å². The average molecular weight is 565 g/mol. The van der Waals surface area contributed by atoms with E-state index in [9.17, 15) is 22.4 Å². The van der Waals surface area contributed by atoms with Crippen LogP contribution in [0.1, 0.15) is 74.6 Å². The Balaban J connectivity index is 1.15. The van der Waals surface area contributed by atoms with Crippen LogP contribution in [0.25, 0.3) is 11.4 Å². The largest absolute Gasteiger partial charge is 0.417 e. The van der Waals surface area contributed by atoms with Gasteiger partial charge in [0.15, 0.2) is 5.82 Å². The van der Waals surface area contributed by atoms with Crippen molar-refractivity contribution in [2.75, 3.05) is 11.4 Å². The van der Waals surface area contributed by atoms with E-state index in [1.54, 1.807) is 18.5 Å². The number of benzene rings is 1. The maximum atomic E-state index is 14.5. The van der Waals surface area contributed by atoms with Gasteiger partial charge in [-0.15, -0.1) is 0 Å². The molecule has 0 N–H and O–H groups in total. The van der Waals surface area contributed by atoms with Gasteiger partial charge in [0.2, 0.25) is 5.91 Å². The van der Waals surface area contributed by atoms with Crippen LogP contribution in [0.4, 0.5) is 23.2 Å². The predicted molar refractivity (Wildman–Crippen MR) is 146 cm³/mol. The monoisotopic (exact) mass is 564 g/mol. The number of anilines is 1. The molecule has 5 nitrogen and oxygen atoms in total. The minimum Gasteiger partial charge on any atom is -0.311 e. The fourth-order valence-electron chi connectivity index (χ4n) is 7.91. The van der Waals surface area contributed by atoms with E-state index in [-0.39, 0.29) is 16.7 Å². The van der Waals surface area contributed by atoms with Gasteiger partial charge in [-0.2, -0.15) is 13.2 Å². The number of nitrogens with zero attached hydrogens (tertiary/aromatic N) is 4. The summed E-state index contributed by atoms with van der Waals surface area (Å²) in [5.41, 5.74) is 0.442. The number of rotatable bonds is 6. The molecule has 0 spiro atoms. The van der Waals surface area contributed by atoms with Crippen molar-refractivity contribution >= 4 is 11.6 Å². The zero-order valence-corrected chi connectivity index (χ0v) is 23.0. The molecule has 4 bridgehead atoms. The third-order valence-corrected chi connectivity index (χ3v) is 10.4. The Kier molecular flexibility index (Phi) is 5.71. The van der Waals surface area contributed by atoms with Gasteiger partial charge in [-0.1, -0.05) is 12.1 Å². The third-order valence-electron chi connectivity index (χ3n) is 10.4. The molecule has 0 unspecified atom stereocenters. The maximum Gasteiger partial charge on any atom is 0.417 e. The highest BCUT2D eigenvalue weighted by molar-refractivity contribution is 6.00. The van der Waals surface area contributed by atoms with Crippen molar-refractivity contribution in [3.8, 4) is 11.4 Å². The minimum absolute atomic E-state index is 0.000177. The van der Waals surface area contributed by atoms with Crippen LogP contribution in [0.5, 0.6) is 0 Å². The Morgan fingerprint density at radius 2 is 1.56 bits per heavy atom. The molecule has 41 heavy (non-hydrogen) atoms. The summed E-state index contributed by atoms with van der Waals surface area (Å²) in [6, 6.07) is 10.4. The Morgan fingerprint density at radius 3 is 2.12 bits per heavy atom. The predicted octanol–water partition coefficient (Wildman–Crippen LogP) is 7.38. The zero-order chi connectivity index (χ0) is 28.7. The van der Waals surface area contributed by atoms with E-state index in [4.69, 9.17) is 0 Å². The van der Waals surface area contributed by atoms with Crippen molar-refractivity contribution in [3.63, 3.8) is 0 Å². The lowest BCUT2D eigenvalue weighted by Gasteiger charge is -2.65. The quantitative estimate of drug-likeness (QED) is 0.293. The van der Waals surface area contributed by atoms with Crippen molar-refractivity contribution in [2.24, 2.45) is 10.8 Å². The summed E-state index contributed by atoms with van der Waals surface area (Å²) in [5.74, 6) is 0.584. The van der Waals surface area contributed by atoms with Crippen molar-refractivity contribution in [1.82, 2.24) is 15.0 Å². The molecule has 6 aliphatic rings. The summed E-state index contributed by atoms with van der Waals surface area (Å²) < 4.78 is 53.8. The molecule has 9 heteroatoms. The first-order valence-corrected chi connectivity index (χ1v) is 14.4. The highest BCUT2D eigenvalue weighted by Crippen LogP contribution is 2.70. The average Bonchev–Trinajstić information content (AvgIpc) is 2.94. The molecular formula is C32H32F4N4O. The SMILES string of the molecule is Cc1cnc(-c2cccc(N(CC34CCC(c5ccc(C(F)(F)F)cn5)(CC3)CC4)C(=O)C34CC(F)(C3)C4)c2)nc1. The van der Waals surface area contributed by atoms with Crippen LogP contribution >= 0.6 is 0 Å². The molecule has 1 aromatic carbocycles. The first kappa shape index (κ1) is 26.5. The summed E-state index contributed by atoms with van der Waals surface area (Å²) >= 11 is 0. The normalized spacial score (nSPS) is 31.7. The summed E-state index contributed by atoms with van der Waals surface area (Å²) in [5, 5.41) is 0. The molecule has 6 aliphatic carbocycles. The number of alkyl halides is 4. The summed E-state index contributed by atoms with van der Waals surface area (Å²) in [4.78, 5) is 29.2. The molecule has 2 heterocycles. The van der Waals surface area contributed by atoms with Gasteiger partial charge in [-0.05, 0) is 100.0 Å². The summed E-state index contributed by atoms with van der Waals surface area (Å²) in [6.45, 7) is 2.47. The first-order valence-electron chi connectivity index (χ1n) is 14.4. The lowest BCUT2D eigenvalue weighted by molar-refractivity contribution is -0.211. The molecule has 214 valence electrons. The van der Waals surface area contributed by atoms with Gasteiger partial charge in [0.05, 0.1) is 11.0 Å². The van der Waals surface area contributed by atoms with Crippen molar-refractivity contribution < 1.29 is 22.4 Å². The molecule has 0 radical (unpaired) electrons. The van der Waals surface area contributed by atoms with E-state index in [0.29, 0.717) is 31.6 Å². The van der Waals surface area contributed by atoms with Crippen molar-refractivity contribution in [2.45, 2.75) is 82.0 Å². The number of aryl methyl sites for hydroxylation is 1. The molecule has 0 saturated heterocycles. The van der Waals surface area contributed by atoms with Crippen LogP contribution < -0.4 is 4.90 Å². The van der Waals surface area contributed by atoms with Gasteiger partial charge in [0, 0.05) is 47.5 Å². The number of fused-ring (bicyclic) bond motifs is 3. The molecule has 0 atom stereocenters. The van der Waals surface area contributed by atoms with Crippen molar-refractivity contribution in [3.05, 3.63) is 71.8 Å². The maximum absolute atomic E-state index is 14.5. The van der Waals surface area contributed by atoms with Gasteiger partial charge in [0.1, 0.15) is 5.67 Å². The van der Waals surface area contributed by atoms with Crippen LogP contribution in [0.15, 0.2) is 55.0 Å². The number of carbonyl (C=O) groups is 1. The molecule has 0 aliphatic heterocycles. The molecular weight excluding hydrogens is 532 g/mol. The molecule has 9 rings (SSSR count). The second-order valence-corrected chi connectivity index (χ2v) is 13.2. The number of halogens is 4. The van der Waals surface area contributed by atoms with E-state index in [0.717, 1.165) is 73.3 Å². The third kappa shape index (κ3) is 4.34. The van der Waals surface area contributed by atoms with Crippen LogP contribution in [-0.4, -0.2) is 33.1 Å². The second-order valence-electron chi connectivity index (χ2n) is 13.2. The number of aromatic nitrogens is 3. The second kappa shape index (κ2) is 8.82. The summed E-state index contributed by atoms with van der Waals surface area (Å²) in [7, 11) is 0. The Morgan fingerprint density at radius 1 is 0.902 bits per heavy atom. The molecule has 6 fully saturated rings. The number of pyridine rings is 1. The van der Waals surface area contributed by atoms with E-state index in [2.05, 4.69) is 15.0 Å². The van der Waals surface area contributed by atoms with E-state index >= 15 is 0 Å². The van der Waals surface area contributed by atoms with Gasteiger partial charge in [0.25, 0.3) is 0 Å². The van der Waals surface area contributed by atoms with Crippen LogP contribution in [-0.2, 0) is 16.4 Å². The molecule has 2 aromatic heterocycles. The first-order chi connectivity index (χ1) is 19.4. The standard InChI is InChI=1S/C32H32F4N4O/c1-21-14-38-26(39-15-21)22-3-2-4-24(13-22)40(27(41)30-17-31(33,18-30)19-30)20-28-7-10-29(11-8-28,12-9-28)25-6-5-23(16-37-25)32(34,35)36/h2-6,13-16H,7-12,17-20H2,1H3. The van der Waals surface area contributed by atoms with Crippen LogP contribution in [0, 0.1) is 17.8 Å². The van der Waals surface area contributed by atoms with Crippen molar-refractivity contribution in [1.29, 1.82) is 0 Å². The van der Waals surface area contributed by atoms with Gasteiger partial charge in [-0.25, -0.2) is 14.4 Å². The van der Waals surface area contributed by atoms with E-state index < -0.39 is 22.8 Å². The lowest BCUT2D eigenvalue weighted by atomic mass is 9.41. The van der Waals surface area contributed by atoms with E-state index in [1.165, 1.54) is 0 Å². The van der Waals surface area contributed by atoms with Crippen LogP contribution in [0.3, 0.4) is 0 Å². The Hall–Kier alpha value is -3.36. The van der Waals surface area contributed by atoms with Gasteiger partial charge >= 0.3 is 6.18 Å².